The molecule has 1 unspecified atom stereocenters. The van der Waals surface area contributed by atoms with E-state index in [9.17, 15) is 4.79 Å². The fourth-order valence-electron chi connectivity index (χ4n) is 1.96. The molecule has 1 rings (SSSR count). The van der Waals surface area contributed by atoms with Crippen molar-refractivity contribution in [3.05, 3.63) is 18.2 Å². The summed E-state index contributed by atoms with van der Waals surface area (Å²) in [7, 11) is 3.20. The molecule has 0 aliphatic carbocycles. The van der Waals surface area contributed by atoms with Gasteiger partial charge in [0, 0.05) is 12.6 Å². The lowest BCUT2D eigenvalue weighted by atomic mass is 10.2. The van der Waals surface area contributed by atoms with E-state index in [4.69, 9.17) is 9.47 Å². The summed E-state index contributed by atoms with van der Waals surface area (Å²) >= 11 is 0. The molecular weight excluding hydrogens is 268 g/mol. The van der Waals surface area contributed by atoms with Crippen LogP contribution >= 0.6 is 0 Å². The summed E-state index contributed by atoms with van der Waals surface area (Å²) in [5.74, 6) is 1.36. The molecular formula is C16H26N2O3. The molecule has 0 heterocycles. The van der Waals surface area contributed by atoms with Crippen LogP contribution < -0.4 is 20.1 Å². The molecule has 1 aromatic rings. The topological polar surface area (TPSA) is 59.6 Å². The second-order valence-electron chi connectivity index (χ2n) is 4.93. The summed E-state index contributed by atoms with van der Waals surface area (Å²) in [4.78, 5) is 12.0. The third-order valence-corrected chi connectivity index (χ3v) is 3.25. The largest absolute Gasteiger partial charge is 0.497 e. The summed E-state index contributed by atoms with van der Waals surface area (Å²) in [5, 5.41) is 6.09. The molecule has 0 fully saturated rings. The smallest absolute Gasteiger partial charge is 0.242 e. The van der Waals surface area contributed by atoms with Crippen LogP contribution in [0.15, 0.2) is 18.2 Å². The zero-order chi connectivity index (χ0) is 15.7. The number of unbranched alkanes of at least 4 members (excludes halogenated alkanes) is 2. The molecule has 5 heteroatoms. The van der Waals surface area contributed by atoms with Crippen LogP contribution in [0.1, 0.15) is 33.1 Å². The van der Waals surface area contributed by atoms with Gasteiger partial charge in [-0.15, -0.1) is 0 Å². The SMILES string of the molecule is CCCCCNC(=O)C(C)Nc1ccc(OC)cc1OC. The molecule has 0 saturated carbocycles. The van der Waals surface area contributed by atoms with Gasteiger partial charge in [-0.1, -0.05) is 19.8 Å². The molecule has 1 aromatic carbocycles. The monoisotopic (exact) mass is 294 g/mol. The molecule has 2 N–H and O–H groups in total. The zero-order valence-corrected chi connectivity index (χ0v) is 13.4. The predicted molar refractivity (Wildman–Crippen MR) is 85.2 cm³/mol. The highest BCUT2D eigenvalue weighted by Crippen LogP contribution is 2.29. The molecule has 0 saturated heterocycles. The second-order valence-corrected chi connectivity index (χ2v) is 4.93. The van der Waals surface area contributed by atoms with Gasteiger partial charge in [-0.2, -0.15) is 0 Å². The first-order valence-electron chi connectivity index (χ1n) is 7.38. The summed E-state index contributed by atoms with van der Waals surface area (Å²) in [6.07, 6.45) is 3.29. The standard InChI is InChI=1S/C16H26N2O3/c1-5-6-7-10-17-16(19)12(2)18-14-9-8-13(20-3)11-15(14)21-4/h8-9,11-12,18H,5-7,10H2,1-4H3,(H,17,19). The van der Waals surface area contributed by atoms with Gasteiger partial charge in [0.1, 0.15) is 17.5 Å². The number of hydrogen-bond donors (Lipinski definition) is 2. The van der Waals surface area contributed by atoms with Gasteiger partial charge in [-0.05, 0) is 25.5 Å². The summed E-state index contributed by atoms with van der Waals surface area (Å²) in [5.41, 5.74) is 0.773. The number of benzene rings is 1. The second kappa shape index (κ2) is 9.10. The van der Waals surface area contributed by atoms with Gasteiger partial charge in [0.25, 0.3) is 0 Å². The van der Waals surface area contributed by atoms with Crippen LogP contribution in [-0.4, -0.2) is 32.7 Å². The summed E-state index contributed by atoms with van der Waals surface area (Å²) < 4.78 is 10.5. The number of amides is 1. The Labute approximate surface area is 127 Å². The average Bonchev–Trinajstić information content (AvgIpc) is 2.51. The van der Waals surface area contributed by atoms with Crippen molar-refractivity contribution in [2.24, 2.45) is 0 Å². The van der Waals surface area contributed by atoms with Gasteiger partial charge < -0.3 is 20.1 Å². The number of nitrogens with one attached hydrogen (secondary N) is 2. The Kier molecular flexibility index (Phi) is 7.43. The molecule has 21 heavy (non-hydrogen) atoms. The predicted octanol–water partition coefficient (Wildman–Crippen LogP) is 2.81. The molecule has 0 aromatic heterocycles. The Bertz CT molecular complexity index is 449. The van der Waals surface area contributed by atoms with Crippen LogP contribution in [0.5, 0.6) is 11.5 Å². The number of carbonyl (C=O) groups is 1. The molecule has 0 aliphatic rings. The molecule has 0 radical (unpaired) electrons. The Morgan fingerprint density at radius 2 is 2.00 bits per heavy atom. The van der Waals surface area contributed by atoms with Gasteiger partial charge in [0.05, 0.1) is 19.9 Å². The van der Waals surface area contributed by atoms with Gasteiger partial charge in [0.15, 0.2) is 0 Å². The van der Waals surface area contributed by atoms with E-state index in [0.717, 1.165) is 31.5 Å². The maximum atomic E-state index is 12.0. The minimum atomic E-state index is -0.325. The van der Waals surface area contributed by atoms with Crippen molar-refractivity contribution >= 4 is 11.6 Å². The molecule has 5 nitrogen and oxygen atoms in total. The van der Waals surface area contributed by atoms with Crippen LogP contribution in [0.25, 0.3) is 0 Å². The highest BCUT2D eigenvalue weighted by Gasteiger charge is 2.14. The van der Waals surface area contributed by atoms with Gasteiger partial charge in [-0.25, -0.2) is 0 Å². The molecule has 1 atom stereocenters. The molecule has 0 bridgehead atoms. The van der Waals surface area contributed by atoms with E-state index < -0.39 is 0 Å². The maximum absolute atomic E-state index is 12.0. The third-order valence-electron chi connectivity index (χ3n) is 3.25. The molecule has 118 valence electrons. The molecule has 0 spiro atoms. The average molecular weight is 294 g/mol. The van der Waals surface area contributed by atoms with Gasteiger partial charge >= 0.3 is 0 Å². The first-order chi connectivity index (χ1) is 10.1. The Balaban J connectivity index is 2.57. The highest BCUT2D eigenvalue weighted by atomic mass is 16.5. The van der Waals surface area contributed by atoms with E-state index in [2.05, 4.69) is 17.6 Å². The van der Waals surface area contributed by atoms with Gasteiger partial charge in [0.2, 0.25) is 5.91 Å². The summed E-state index contributed by atoms with van der Waals surface area (Å²) in [6, 6.07) is 5.14. The number of ether oxygens (including phenoxy) is 2. The van der Waals surface area contributed by atoms with Crippen molar-refractivity contribution in [1.82, 2.24) is 5.32 Å². The Morgan fingerprint density at radius 1 is 1.24 bits per heavy atom. The van der Waals surface area contributed by atoms with E-state index >= 15 is 0 Å². The van der Waals surface area contributed by atoms with Crippen LogP contribution in [0, 0.1) is 0 Å². The van der Waals surface area contributed by atoms with Crippen molar-refractivity contribution in [2.45, 2.75) is 39.2 Å². The van der Waals surface area contributed by atoms with Crippen LogP contribution in [-0.2, 0) is 4.79 Å². The fraction of sp³-hybridized carbons (Fsp3) is 0.562. The quantitative estimate of drug-likeness (QED) is 0.688. The lowest BCUT2D eigenvalue weighted by molar-refractivity contribution is -0.121. The van der Waals surface area contributed by atoms with Crippen LogP contribution in [0.4, 0.5) is 5.69 Å². The summed E-state index contributed by atoms with van der Waals surface area (Å²) in [6.45, 7) is 4.69. The number of anilines is 1. The zero-order valence-electron chi connectivity index (χ0n) is 13.4. The number of methoxy groups -OCH3 is 2. The lowest BCUT2D eigenvalue weighted by Gasteiger charge is -2.18. The normalized spacial score (nSPS) is 11.6. The fourth-order valence-corrected chi connectivity index (χ4v) is 1.96. The van der Waals surface area contributed by atoms with Crippen LogP contribution in [0.3, 0.4) is 0 Å². The van der Waals surface area contributed by atoms with E-state index in [0.29, 0.717) is 11.5 Å². The van der Waals surface area contributed by atoms with E-state index in [1.165, 1.54) is 0 Å². The van der Waals surface area contributed by atoms with Crippen molar-refractivity contribution < 1.29 is 14.3 Å². The van der Waals surface area contributed by atoms with Crippen molar-refractivity contribution in [3.63, 3.8) is 0 Å². The van der Waals surface area contributed by atoms with E-state index in [1.54, 1.807) is 20.3 Å². The maximum Gasteiger partial charge on any atom is 0.242 e. The van der Waals surface area contributed by atoms with Gasteiger partial charge in [-0.3, -0.25) is 4.79 Å². The van der Waals surface area contributed by atoms with Crippen molar-refractivity contribution in [1.29, 1.82) is 0 Å². The Morgan fingerprint density at radius 3 is 2.62 bits per heavy atom. The van der Waals surface area contributed by atoms with E-state index in [-0.39, 0.29) is 11.9 Å². The minimum Gasteiger partial charge on any atom is -0.497 e. The third kappa shape index (κ3) is 5.53. The van der Waals surface area contributed by atoms with Crippen molar-refractivity contribution in [2.75, 3.05) is 26.1 Å². The highest BCUT2D eigenvalue weighted by molar-refractivity contribution is 5.84. The number of carbonyl (C=O) groups excluding carboxylic acids is 1. The molecule has 0 aliphatic heterocycles. The first-order valence-corrected chi connectivity index (χ1v) is 7.38. The number of rotatable bonds is 9. The van der Waals surface area contributed by atoms with Crippen LogP contribution in [0.2, 0.25) is 0 Å². The molecule has 1 amide bonds. The minimum absolute atomic E-state index is 0.0102. The van der Waals surface area contributed by atoms with E-state index in [1.807, 2.05) is 19.1 Å². The number of hydrogen-bond acceptors (Lipinski definition) is 4. The lowest BCUT2D eigenvalue weighted by Crippen LogP contribution is -2.38. The first kappa shape index (κ1) is 17.1. The van der Waals surface area contributed by atoms with Crippen molar-refractivity contribution in [3.8, 4) is 11.5 Å². The Hall–Kier alpha value is -1.91.